The molecule has 0 fully saturated rings. The van der Waals surface area contributed by atoms with Crippen LogP contribution < -0.4 is 5.32 Å². The number of hydrogen-bond donors (Lipinski definition) is 2. The molecule has 86 valence electrons. The van der Waals surface area contributed by atoms with E-state index in [1.54, 1.807) is 23.1 Å². The number of hydrogen-bond acceptors (Lipinski definition) is 5. The van der Waals surface area contributed by atoms with Crippen LogP contribution in [0.5, 0.6) is 0 Å². The van der Waals surface area contributed by atoms with Crippen LogP contribution in [0, 0.1) is 0 Å². The van der Waals surface area contributed by atoms with Crippen LogP contribution in [-0.4, -0.2) is 16.7 Å². The van der Waals surface area contributed by atoms with Crippen LogP contribution in [-0.2, 0) is 0 Å². The summed E-state index contributed by atoms with van der Waals surface area (Å²) in [6, 6.07) is 3.64. The lowest BCUT2D eigenvalue weighted by Crippen LogP contribution is -2.26. The summed E-state index contributed by atoms with van der Waals surface area (Å²) in [5.74, 6) is 0.749. The zero-order valence-corrected chi connectivity index (χ0v) is 9.78. The fourth-order valence-corrected chi connectivity index (χ4v) is 2.18. The number of nitrogens with zero attached hydrogens (tertiary/aromatic N) is 1. The van der Waals surface area contributed by atoms with Crippen molar-refractivity contribution >= 4 is 11.3 Å². The lowest BCUT2D eigenvalue weighted by molar-refractivity contribution is 0.217. The smallest absolute Gasteiger partial charge is 0.123 e. The van der Waals surface area contributed by atoms with Gasteiger partial charge in [-0.1, -0.05) is 0 Å². The Morgan fingerprint density at radius 2 is 2.50 bits per heavy atom. The van der Waals surface area contributed by atoms with Gasteiger partial charge in [-0.2, -0.15) is 0 Å². The van der Waals surface area contributed by atoms with Gasteiger partial charge in [0.15, 0.2) is 0 Å². The van der Waals surface area contributed by atoms with Gasteiger partial charge in [-0.25, -0.2) is 0 Å². The highest BCUT2D eigenvalue weighted by Gasteiger charge is 2.17. The number of nitrogens with one attached hydrogen (secondary N) is 1. The molecule has 4 nitrogen and oxygen atoms in total. The fraction of sp³-hybridized carbons (Fsp3) is 0.364. The minimum absolute atomic E-state index is 0.0106. The van der Waals surface area contributed by atoms with Gasteiger partial charge >= 0.3 is 0 Å². The van der Waals surface area contributed by atoms with Crippen molar-refractivity contribution in [3.8, 4) is 0 Å². The second kappa shape index (κ2) is 5.25. The first-order chi connectivity index (χ1) is 7.81. The molecule has 0 amide bonds. The number of furan rings is 1. The normalized spacial score (nSPS) is 14.9. The van der Waals surface area contributed by atoms with E-state index in [9.17, 15) is 5.11 Å². The fourth-order valence-electron chi connectivity index (χ4n) is 1.54. The monoisotopic (exact) mass is 238 g/mol. The zero-order valence-electron chi connectivity index (χ0n) is 8.96. The van der Waals surface area contributed by atoms with E-state index in [0.29, 0.717) is 0 Å². The maximum absolute atomic E-state index is 9.31. The molecule has 0 aliphatic carbocycles. The quantitative estimate of drug-likeness (QED) is 0.837. The first kappa shape index (κ1) is 11.3. The molecule has 0 spiro atoms. The van der Waals surface area contributed by atoms with Crippen molar-refractivity contribution in [2.45, 2.75) is 19.0 Å². The SMILES string of the molecule is CC(NC(CO)c1ccco1)c1cncs1. The Balaban J connectivity index is 2.02. The predicted octanol–water partition coefficient (Wildman–Crippen LogP) is 2.12. The summed E-state index contributed by atoms with van der Waals surface area (Å²) in [7, 11) is 0. The third-order valence-electron chi connectivity index (χ3n) is 2.40. The summed E-state index contributed by atoms with van der Waals surface area (Å²) in [5.41, 5.74) is 1.80. The van der Waals surface area contributed by atoms with E-state index in [4.69, 9.17) is 4.42 Å². The summed E-state index contributed by atoms with van der Waals surface area (Å²) < 4.78 is 5.27. The van der Waals surface area contributed by atoms with Crippen LogP contribution >= 0.6 is 11.3 Å². The van der Waals surface area contributed by atoms with Gasteiger partial charge in [-0.15, -0.1) is 11.3 Å². The number of aromatic nitrogens is 1. The zero-order chi connectivity index (χ0) is 11.4. The van der Waals surface area contributed by atoms with Gasteiger partial charge in [0.1, 0.15) is 5.76 Å². The van der Waals surface area contributed by atoms with E-state index in [1.807, 2.05) is 25.3 Å². The Kier molecular flexibility index (Phi) is 3.71. The lowest BCUT2D eigenvalue weighted by Gasteiger charge is -2.18. The minimum atomic E-state index is -0.174. The topological polar surface area (TPSA) is 58.3 Å². The molecule has 2 aromatic heterocycles. The molecule has 0 aliphatic rings. The molecule has 0 aromatic carbocycles. The van der Waals surface area contributed by atoms with Crippen molar-refractivity contribution in [3.63, 3.8) is 0 Å². The highest BCUT2D eigenvalue weighted by Crippen LogP contribution is 2.21. The standard InChI is InChI=1S/C11H14N2O2S/c1-8(11-5-12-7-16-11)13-9(6-14)10-3-2-4-15-10/h2-5,7-9,13-14H,6H2,1H3. The molecule has 5 heteroatoms. The Hall–Kier alpha value is -1.17. The van der Waals surface area contributed by atoms with E-state index in [1.165, 1.54) is 0 Å². The van der Waals surface area contributed by atoms with Crippen LogP contribution in [0.15, 0.2) is 34.5 Å². The van der Waals surface area contributed by atoms with Crippen molar-refractivity contribution in [2.24, 2.45) is 0 Å². The lowest BCUT2D eigenvalue weighted by atomic mass is 10.2. The van der Waals surface area contributed by atoms with Gasteiger partial charge in [0.2, 0.25) is 0 Å². The Morgan fingerprint density at radius 1 is 1.62 bits per heavy atom. The average Bonchev–Trinajstić information content (AvgIpc) is 2.96. The van der Waals surface area contributed by atoms with E-state index >= 15 is 0 Å². The molecule has 0 aliphatic heterocycles. The third-order valence-corrected chi connectivity index (χ3v) is 3.36. The average molecular weight is 238 g/mol. The van der Waals surface area contributed by atoms with Crippen molar-refractivity contribution in [3.05, 3.63) is 40.7 Å². The third kappa shape index (κ3) is 2.49. The molecular formula is C11H14N2O2S. The molecule has 16 heavy (non-hydrogen) atoms. The van der Waals surface area contributed by atoms with Gasteiger partial charge in [0, 0.05) is 17.1 Å². The number of aliphatic hydroxyl groups excluding tert-OH is 1. The van der Waals surface area contributed by atoms with E-state index in [2.05, 4.69) is 10.3 Å². The Labute approximate surface area is 97.9 Å². The minimum Gasteiger partial charge on any atom is -0.468 e. The van der Waals surface area contributed by atoms with Gasteiger partial charge in [0.25, 0.3) is 0 Å². The molecule has 2 aromatic rings. The Bertz CT molecular complexity index is 400. The maximum Gasteiger partial charge on any atom is 0.123 e. The van der Waals surface area contributed by atoms with Crippen molar-refractivity contribution in [1.29, 1.82) is 0 Å². The molecule has 0 radical (unpaired) electrons. The van der Waals surface area contributed by atoms with Crippen LogP contribution in [0.25, 0.3) is 0 Å². The molecule has 0 saturated carbocycles. The van der Waals surface area contributed by atoms with Crippen LogP contribution in [0.2, 0.25) is 0 Å². The van der Waals surface area contributed by atoms with Crippen molar-refractivity contribution in [1.82, 2.24) is 10.3 Å². The highest BCUT2D eigenvalue weighted by atomic mass is 32.1. The second-order valence-electron chi connectivity index (χ2n) is 3.54. The van der Waals surface area contributed by atoms with Gasteiger partial charge in [-0.3, -0.25) is 10.3 Å². The first-order valence-corrected chi connectivity index (χ1v) is 5.98. The molecule has 0 saturated heterocycles. The van der Waals surface area contributed by atoms with Crippen LogP contribution in [0.4, 0.5) is 0 Å². The maximum atomic E-state index is 9.31. The summed E-state index contributed by atoms with van der Waals surface area (Å²) in [5, 5.41) is 12.6. The van der Waals surface area contributed by atoms with Gasteiger partial charge in [0.05, 0.1) is 24.4 Å². The van der Waals surface area contributed by atoms with E-state index in [0.717, 1.165) is 10.6 Å². The molecular weight excluding hydrogens is 224 g/mol. The summed E-state index contributed by atoms with van der Waals surface area (Å²) in [6.07, 6.45) is 3.44. The van der Waals surface area contributed by atoms with Crippen LogP contribution in [0.3, 0.4) is 0 Å². The Morgan fingerprint density at radius 3 is 3.06 bits per heavy atom. The predicted molar refractivity (Wildman–Crippen MR) is 62.2 cm³/mol. The first-order valence-electron chi connectivity index (χ1n) is 5.10. The van der Waals surface area contributed by atoms with E-state index < -0.39 is 0 Å². The number of rotatable bonds is 5. The molecule has 0 bridgehead atoms. The van der Waals surface area contributed by atoms with Crippen LogP contribution in [0.1, 0.15) is 29.6 Å². The molecule has 2 atom stereocenters. The van der Waals surface area contributed by atoms with Crippen molar-refractivity contribution < 1.29 is 9.52 Å². The second-order valence-corrected chi connectivity index (χ2v) is 4.46. The molecule has 2 heterocycles. The molecule has 2 unspecified atom stereocenters. The largest absolute Gasteiger partial charge is 0.468 e. The summed E-state index contributed by atoms with van der Waals surface area (Å²) in [4.78, 5) is 5.18. The number of thiazole rings is 1. The summed E-state index contributed by atoms with van der Waals surface area (Å²) in [6.45, 7) is 2.05. The van der Waals surface area contributed by atoms with Crippen molar-refractivity contribution in [2.75, 3.05) is 6.61 Å². The summed E-state index contributed by atoms with van der Waals surface area (Å²) >= 11 is 1.59. The van der Waals surface area contributed by atoms with Gasteiger partial charge < -0.3 is 9.52 Å². The molecule has 2 rings (SSSR count). The van der Waals surface area contributed by atoms with Gasteiger partial charge in [-0.05, 0) is 19.1 Å². The molecule has 2 N–H and O–H groups in total. The van der Waals surface area contributed by atoms with E-state index in [-0.39, 0.29) is 18.7 Å². The highest BCUT2D eigenvalue weighted by molar-refractivity contribution is 7.09. The number of aliphatic hydroxyl groups is 1.